The van der Waals surface area contributed by atoms with Gasteiger partial charge in [-0.2, -0.15) is 0 Å². The Morgan fingerprint density at radius 3 is 2.44 bits per heavy atom. The minimum Gasteiger partial charge on any atom is -0.465 e. The third kappa shape index (κ3) is 4.95. The smallest absolute Gasteiger partial charge is 0.339 e. The van der Waals surface area contributed by atoms with Gasteiger partial charge in [0.15, 0.2) is 0 Å². The Morgan fingerprint density at radius 2 is 1.75 bits per heavy atom. The van der Waals surface area contributed by atoms with Gasteiger partial charge in [-0.1, -0.05) is 49.4 Å². The van der Waals surface area contributed by atoms with Crippen molar-refractivity contribution in [2.24, 2.45) is 0 Å². The zero-order chi connectivity index (χ0) is 25.8. The Hall–Kier alpha value is -3.76. The minimum atomic E-state index is -0.603. The second kappa shape index (κ2) is 10.9. The summed E-state index contributed by atoms with van der Waals surface area (Å²) in [5, 5.41) is 4.56. The number of benzene rings is 2. The maximum atomic E-state index is 13.6. The standard InChI is InChI=1S/C26H31N5O5/c1-4-31-23-22(17(2)28-31)30(16-21(32)27-20-13-9-8-12-19(20)25(34)36-3)26(35)29(24(23)33)15-14-18-10-6-5-7-11-18/h5-13,17,22-23,28H,4,14-16H2,1-3H3,(H,27,32). The summed E-state index contributed by atoms with van der Waals surface area (Å²) >= 11 is 0. The fraction of sp³-hybridized carbons (Fsp3) is 0.385. The van der Waals surface area contributed by atoms with Crippen molar-refractivity contribution < 1.29 is 23.9 Å². The molecule has 10 nitrogen and oxygen atoms in total. The second-order valence-electron chi connectivity index (χ2n) is 8.86. The number of hydrazine groups is 1. The third-order valence-electron chi connectivity index (χ3n) is 6.62. The first-order chi connectivity index (χ1) is 17.3. The number of ether oxygens (including phenoxy) is 1. The average molecular weight is 494 g/mol. The normalized spacial score (nSPS) is 21.9. The number of urea groups is 1. The van der Waals surface area contributed by atoms with E-state index in [1.165, 1.54) is 16.9 Å². The molecular weight excluding hydrogens is 462 g/mol. The van der Waals surface area contributed by atoms with E-state index in [1.807, 2.05) is 49.2 Å². The van der Waals surface area contributed by atoms with E-state index >= 15 is 0 Å². The molecule has 2 aromatic rings. The predicted octanol–water partition coefficient (Wildman–Crippen LogP) is 1.88. The molecule has 0 aliphatic carbocycles. The van der Waals surface area contributed by atoms with Crippen LogP contribution in [0.2, 0.25) is 0 Å². The van der Waals surface area contributed by atoms with Crippen LogP contribution in [0.4, 0.5) is 10.5 Å². The number of hydrogen-bond donors (Lipinski definition) is 2. The molecule has 0 aromatic heterocycles. The molecule has 0 saturated carbocycles. The molecule has 0 spiro atoms. The lowest BCUT2D eigenvalue weighted by Crippen LogP contribution is -2.67. The van der Waals surface area contributed by atoms with Gasteiger partial charge in [0.25, 0.3) is 5.91 Å². The summed E-state index contributed by atoms with van der Waals surface area (Å²) in [4.78, 5) is 55.0. The molecule has 3 atom stereocenters. The van der Waals surface area contributed by atoms with Crippen molar-refractivity contribution in [2.75, 3.05) is 32.1 Å². The molecule has 0 bridgehead atoms. The molecule has 2 aromatic carbocycles. The van der Waals surface area contributed by atoms with Gasteiger partial charge in [0.2, 0.25) is 5.91 Å². The van der Waals surface area contributed by atoms with Crippen molar-refractivity contribution >= 4 is 29.5 Å². The summed E-state index contributed by atoms with van der Waals surface area (Å²) in [5.74, 6) is -1.32. The molecular formula is C26H31N5O5. The molecule has 2 heterocycles. The average Bonchev–Trinajstić information content (AvgIpc) is 3.23. The monoisotopic (exact) mass is 493 g/mol. The van der Waals surface area contributed by atoms with Crippen LogP contribution in [0.3, 0.4) is 0 Å². The lowest BCUT2D eigenvalue weighted by Gasteiger charge is -2.43. The number of carbonyl (C=O) groups is 4. The largest absolute Gasteiger partial charge is 0.465 e. The van der Waals surface area contributed by atoms with E-state index in [0.717, 1.165) is 5.56 Å². The number of rotatable bonds is 8. The van der Waals surface area contributed by atoms with Crippen LogP contribution in [0.25, 0.3) is 0 Å². The van der Waals surface area contributed by atoms with Crippen LogP contribution in [0, 0.1) is 0 Å². The first kappa shape index (κ1) is 25.3. The first-order valence-electron chi connectivity index (χ1n) is 12.0. The number of imide groups is 1. The van der Waals surface area contributed by atoms with Gasteiger partial charge in [-0.25, -0.2) is 20.0 Å². The Balaban J connectivity index is 1.57. The second-order valence-corrected chi connectivity index (χ2v) is 8.86. The number of nitrogens with zero attached hydrogens (tertiary/aromatic N) is 3. The van der Waals surface area contributed by atoms with Gasteiger partial charge in [-0.3, -0.25) is 14.5 Å². The molecule has 0 radical (unpaired) electrons. The molecule has 2 N–H and O–H groups in total. The highest BCUT2D eigenvalue weighted by Gasteiger charge is 2.54. The summed E-state index contributed by atoms with van der Waals surface area (Å²) < 4.78 is 4.80. The molecule has 2 saturated heterocycles. The molecule has 10 heteroatoms. The number of para-hydroxylation sites is 1. The van der Waals surface area contributed by atoms with Gasteiger partial charge in [0.1, 0.15) is 12.6 Å². The Bertz CT molecular complexity index is 1140. The van der Waals surface area contributed by atoms with E-state index in [1.54, 1.807) is 24.3 Å². The summed E-state index contributed by atoms with van der Waals surface area (Å²) in [5.41, 5.74) is 4.79. The van der Waals surface area contributed by atoms with Crippen molar-refractivity contribution in [3.05, 3.63) is 65.7 Å². The topological polar surface area (TPSA) is 111 Å². The van der Waals surface area contributed by atoms with Gasteiger partial charge in [-0.05, 0) is 31.0 Å². The molecule has 2 aliphatic heterocycles. The molecule has 3 unspecified atom stereocenters. The summed E-state index contributed by atoms with van der Waals surface area (Å²) in [6.45, 7) is 4.32. The molecule has 36 heavy (non-hydrogen) atoms. The van der Waals surface area contributed by atoms with Crippen LogP contribution in [0.15, 0.2) is 54.6 Å². The van der Waals surface area contributed by atoms with Gasteiger partial charge < -0.3 is 15.0 Å². The zero-order valence-electron chi connectivity index (χ0n) is 20.6. The van der Waals surface area contributed by atoms with Crippen molar-refractivity contribution in [1.29, 1.82) is 0 Å². The lowest BCUT2D eigenvalue weighted by molar-refractivity contribution is -0.139. The number of fused-ring (bicyclic) bond motifs is 1. The van der Waals surface area contributed by atoms with E-state index in [-0.39, 0.29) is 30.6 Å². The molecule has 2 fully saturated rings. The van der Waals surface area contributed by atoms with Crippen molar-refractivity contribution in [2.45, 2.75) is 38.4 Å². The zero-order valence-corrected chi connectivity index (χ0v) is 20.6. The van der Waals surface area contributed by atoms with E-state index in [4.69, 9.17) is 4.74 Å². The van der Waals surface area contributed by atoms with Gasteiger partial charge >= 0.3 is 12.0 Å². The SMILES string of the molecule is CCN1NC(C)C2C1C(=O)N(CCc1ccccc1)C(=O)N2CC(=O)Nc1ccccc1C(=O)OC. The number of anilines is 1. The highest BCUT2D eigenvalue weighted by Crippen LogP contribution is 2.29. The first-order valence-corrected chi connectivity index (χ1v) is 12.0. The quantitative estimate of drug-likeness (QED) is 0.540. The summed E-state index contributed by atoms with van der Waals surface area (Å²) in [7, 11) is 1.27. The highest BCUT2D eigenvalue weighted by molar-refractivity contribution is 6.05. The Labute approximate surface area is 210 Å². The van der Waals surface area contributed by atoms with Crippen LogP contribution >= 0.6 is 0 Å². The van der Waals surface area contributed by atoms with Crippen LogP contribution in [0.1, 0.15) is 29.8 Å². The van der Waals surface area contributed by atoms with Crippen LogP contribution in [-0.4, -0.2) is 83.5 Å². The van der Waals surface area contributed by atoms with E-state index in [0.29, 0.717) is 18.7 Å². The Morgan fingerprint density at radius 1 is 1.06 bits per heavy atom. The number of esters is 1. The van der Waals surface area contributed by atoms with Crippen LogP contribution < -0.4 is 10.7 Å². The number of likely N-dealkylation sites (N-methyl/N-ethyl adjacent to an activating group) is 1. The maximum absolute atomic E-state index is 13.6. The van der Waals surface area contributed by atoms with Gasteiger partial charge in [0, 0.05) is 19.1 Å². The Kier molecular flexibility index (Phi) is 7.66. The lowest BCUT2D eigenvalue weighted by atomic mass is 9.97. The van der Waals surface area contributed by atoms with Crippen LogP contribution in [0.5, 0.6) is 0 Å². The number of methoxy groups -OCH3 is 1. The molecule has 4 rings (SSSR count). The van der Waals surface area contributed by atoms with Gasteiger partial charge in [-0.15, -0.1) is 0 Å². The summed E-state index contributed by atoms with van der Waals surface area (Å²) in [6, 6.07) is 14.3. The predicted molar refractivity (Wildman–Crippen MR) is 133 cm³/mol. The van der Waals surface area contributed by atoms with Crippen molar-refractivity contribution in [3.8, 4) is 0 Å². The van der Waals surface area contributed by atoms with E-state index < -0.39 is 30.0 Å². The third-order valence-corrected chi connectivity index (χ3v) is 6.62. The van der Waals surface area contributed by atoms with Crippen molar-refractivity contribution in [3.63, 3.8) is 0 Å². The fourth-order valence-electron chi connectivity index (χ4n) is 4.91. The molecule has 2 aliphatic rings. The minimum absolute atomic E-state index is 0.208. The van der Waals surface area contributed by atoms with Gasteiger partial charge in [0.05, 0.1) is 24.4 Å². The van der Waals surface area contributed by atoms with Crippen LogP contribution in [-0.2, 0) is 20.7 Å². The molecule has 4 amide bonds. The van der Waals surface area contributed by atoms with E-state index in [2.05, 4.69) is 10.7 Å². The maximum Gasteiger partial charge on any atom is 0.339 e. The van der Waals surface area contributed by atoms with Crippen molar-refractivity contribution in [1.82, 2.24) is 20.2 Å². The molecule has 190 valence electrons. The fourth-order valence-corrected chi connectivity index (χ4v) is 4.91. The summed E-state index contributed by atoms with van der Waals surface area (Å²) in [6.07, 6.45) is 0.511. The highest BCUT2D eigenvalue weighted by atomic mass is 16.5. The van der Waals surface area contributed by atoms with E-state index in [9.17, 15) is 19.2 Å². The number of nitrogens with one attached hydrogen (secondary N) is 2. The number of hydrogen-bond acceptors (Lipinski definition) is 7. The number of amides is 4. The number of carbonyl (C=O) groups excluding carboxylic acids is 4.